The summed E-state index contributed by atoms with van der Waals surface area (Å²) in [6.07, 6.45) is 1.07. The molecule has 0 aliphatic carbocycles. The van der Waals surface area contributed by atoms with E-state index in [1.54, 1.807) is 0 Å². The van der Waals surface area contributed by atoms with E-state index in [-0.39, 0.29) is 18.8 Å². The van der Waals surface area contributed by atoms with E-state index in [0.717, 1.165) is 24.6 Å². The first-order chi connectivity index (χ1) is 7.17. The van der Waals surface area contributed by atoms with Crippen molar-refractivity contribution in [3.05, 3.63) is 0 Å². The molecule has 1 aliphatic rings. The molecule has 0 amide bonds. The lowest BCUT2D eigenvalue weighted by molar-refractivity contribution is -0.0785. The van der Waals surface area contributed by atoms with Gasteiger partial charge < -0.3 is 20.1 Å². The van der Waals surface area contributed by atoms with Gasteiger partial charge in [-0.05, 0) is 25.6 Å². The Hall–Kier alpha value is -0.390. The third-order valence-electron chi connectivity index (χ3n) is 2.34. The average molecular weight is 232 g/mol. The van der Waals surface area contributed by atoms with Crippen molar-refractivity contribution in [3.8, 4) is 0 Å². The van der Waals surface area contributed by atoms with Crippen LogP contribution in [0.2, 0.25) is 0 Å². The van der Waals surface area contributed by atoms with Crippen molar-refractivity contribution in [1.29, 1.82) is 0 Å². The van der Waals surface area contributed by atoms with Crippen LogP contribution in [0.15, 0.2) is 0 Å². The Kier molecular flexibility index (Phi) is 5.28. The lowest BCUT2D eigenvalue weighted by atomic mass is 10.2. The zero-order valence-electron chi connectivity index (χ0n) is 9.40. The van der Waals surface area contributed by atoms with Crippen LogP contribution in [0.4, 0.5) is 0 Å². The van der Waals surface area contributed by atoms with Crippen molar-refractivity contribution >= 4 is 17.3 Å². The number of aliphatic hydroxyl groups is 1. The largest absolute Gasteiger partial charge is 0.394 e. The quantitative estimate of drug-likeness (QED) is 0.688. The van der Waals surface area contributed by atoms with E-state index in [9.17, 15) is 0 Å². The lowest BCUT2D eigenvalue weighted by Crippen LogP contribution is -2.53. The van der Waals surface area contributed by atoms with E-state index >= 15 is 0 Å². The first kappa shape index (κ1) is 12.7. The van der Waals surface area contributed by atoms with Crippen molar-refractivity contribution in [3.63, 3.8) is 0 Å². The van der Waals surface area contributed by atoms with Gasteiger partial charge in [0.1, 0.15) is 0 Å². The zero-order valence-corrected chi connectivity index (χ0v) is 10.2. The van der Waals surface area contributed by atoms with Gasteiger partial charge in [0.05, 0.1) is 18.8 Å². The van der Waals surface area contributed by atoms with Gasteiger partial charge in [-0.1, -0.05) is 6.92 Å². The van der Waals surface area contributed by atoms with Crippen LogP contribution in [0.1, 0.15) is 20.3 Å². The Bertz CT molecular complexity index is 214. The van der Waals surface area contributed by atoms with Gasteiger partial charge in [0, 0.05) is 19.6 Å². The molecule has 0 aromatic rings. The first-order valence-corrected chi connectivity index (χ1v) is 5.87. The molecule has 4 nitrogen and oxygen atoms in total. The van der Waals surface area contributed by atoms with Gasteiger partial charge in [0.2, 0.25) is 0 Å². The molecular formula is C10H20N2O2S. The van der Waals surface area contributed by atoms with Gasteiger partial charge in [0.25, 0.3) is 0 Å². The number of ether oxygens (including phenoxy) is 1. The van der Waals surface area contributed by atoms with Crippen LogP contribution in [-0.2, 0) is 4.74 Å². The number of rotatable bonds is 3. The number of hydrogen-bond acceptors (Lipinski definition) is 3. The predicted molar refractivity (Wildman–Crippen MR) is 63.9 cm³/mol. The molecule has 1 saturated heterocycles. The summed E-state index contributed by atoms with van der Waals surface area (Å²) in [4.78, 5) is 2.07. The smallest absolute Gasteiger partial charge is 0.169 e. The Morgan fingerprint density at radius 3 is 2.93 bits per heavy atom. The van der Waals surface area contributed by atoms with E-state index < -0.39 is 0 Å². The fraction of sp³-hybridized carbons (Fsp3) is 0.900. The Morgan fingerprint density at radius 2 is 2.33 bits per heavy atom. The minimum absolute atomic E-state index is 0.0528. The fourth-order valence-corrected chi connectivity index (χ4v) is 1.91. The molecular weight excluding hydrogens is 212 g/mol. The molecule has 88 valence electrons. The molecule has 0 spiro atoms. The highest BCUT2D eigenvalue weighted by molar-refractivity contribution is 7.80. The van der Waals surface area contributed by atoms with Crippen LogP contribution in [0, 0.1) is 0 Å². The highest BCUT2D eigenvalue weighted by Crippen LogP contribution is 2.10. The number of nitrogens with zero attached hydrogens (tertiary/aromatic N) is 1. The minimum atomic E-state index is -0.116. The van der Waals surface area contributed by atoms with Crippen LogP contribution in [0.3, 0.4) is 0 Å². The average Bonchev–Trinajstić information content (AvgIpc) is 2.24. The Labute approximate surface area is 96.6 Å². The van der Waals surface area contributed by atoms with Crippen molar-refractivity contribution in [2.24, 2.45) is 0 Å². The summed E-state index contributed by atoms with van der Waals surface area (Å²) in [7, 11) is 0. The van der Waals surface area contributed by atoms with Gasteiger partial charge in [0.15, 0.2) is 5.11 Å². The van der Waals surface area contributed by atoms with Crippen LogP contribution < -0.4 is 5.32 Å². The Morgan fingerprint density at radius 1 is 1.60 bits per heavy atom. The van der Waals surface area contributed by atoms with Gasteiger partial charge in [-0.2, -0.15) is 0 Å². The van der Waals surface area contributed by atoms with Gasteiger partial charge in [-0.15, -0.1) is 0 Å². The summed E-state index contributed by atoms with van der Waals surface area (Å²) in [6.45, 7) is 6.53. The third-order valence-corrected chi connectivity index (χ3v) is 2.75. The molecule has 2 atom stereocenters. The topological polar surface area (TPSA) is 44.7 Å². The summed E-state index contributed by atoms with van der Waals surface area (Å²) >= 11 is 5.27. The molecule has 1 fully saturated rings. The number of morpholine rings is 1. The molecule has 1 aliphatic heterocycles. The van der Waals surface area contributed by atoms with Crippen LogP contribution in [-0.4, -0.2) is 53.6 Å². The highest BCUT2D eigenvalue weighted by Gasteiger charge is 2.25. The van der Waals surface area contributed by atoms with E-state index in [0.29, 0.717) is 6.54 Å². The minimum Gasteiger partial charge on any atom is -0.394 e. The zero-order chi connectivity index (χ0) is 11.3. The summed E-state index contributed by atoms with van der Waals surface area (Å²) in [5, 5.41) is 13.0. The SMILES string of the molecule is CCCNC(=S)N1CC(C)OC(CO)C1. The maximum Gasteiger partial charge on any atom is 0.169 e. The maximum absolute atomic E-state index is 9.07. The Balaban J connectivity index is 2.42. The third kappa shape index (κ3) is 3.93. The second kappa shape index (κ2) is 6.25. The molecule has 2 unspecified atom stereocenters. The molecule has 1 rings (SSSR count). The van der Waals surface area contributed by atoms with Gasteiger partial charge >= 0.3 is 0 Å². The normalized spacial score (nSPS) is 26.5. The molecule has 0 aromatic carbocycles. The van der Waals surface area contributed by atoms with Crippen molar-refractivity contribution in [2.45, 2.75) is 32.5 Å². The van der Waals surface area contributed by atoms with Gasteiger partial charge in [-0.3, -0.25) is 0 Å². The molecule has 1 heterocycles. The van der Waals surface area contributed by atoms with Crippen molar-refractivity contribution in [2.75, 3.05) is 26.2 Å². The summed E-state index contributed by atoms with van der Waals surface area (Å²) < 4.78 is 5.54. The second-order valence-electron chi connectivity index (χ2n) is 3.89. The highest BCUT2D eigenvalue weighted by atomic mass is 32.1. The fourth-order valence-electron chi connectivity index (χ4n) is 1.66. The van der Waals surface area contributed by atoms with Crippen LogP contribution in [0.25, 0.3) is 0 Å². The maximum atomic E-state index is 9.07. The summed E-state index contributed by atoms with van der Waals surface area (Å²) in [5.41, 5.74) is 0. The van der Waals surface area contributed by atoms with E-state index in [4.69, 9.17) is 22.1 Å². The van der Waals surface area contributed by atoms with Crippen LogP contribution in [0.5, 0.6) is 0 Å². The van der Waals surface area contributed by atoms with Crippen molar-refractivity contribution in [1.82, 2.24) is 10.2 Å². The molecule has 0 bridgehead atoms. The second-order valence-corrected chi connectivity index (χ2v) is 4.27. The molecule has 0 saturated carbocycles. The molecule has 15 heavy (non-hydrogen) atoms. The standard InChI is InChI=1S/C10H20N2O2S/c1-3-4-11-10(15)12-5-8(2)14-9(6-12)7-13/h8-9,13H,3-7H2,1-2H3,(H,11,15). The van der Waals surface area contributed by atoms with E-state index in [2.05, 4.69) is 17.1 Å². The first-order valence-electron chi connectivity index (χ1n) is 5.46. The monoisotopic (exact) mass is 232 g/mol. The molecule has 2 N–H and O–H groups in total. The van der Waals surface area contributed by atoms with Crippen LogP contribution >= 0.6 is 12.2 Å². The summed E-state index contributed by atoms with van der Waals surface area (Å²) in [5.74, 6) is 0. The van der Waals surface area contributed by atoms with Gasteiger partial charge in [-0.25, -0.2) is 0 Å². The number of thiocarbonyl (C=S) groups is 1. The van der Waals surface area contributed by atoms with E-state index in [1.165, 1.54) is 0 Å². The summed E-state index contributed by atoms with van der Waals surface area (Å²) in [6, 6.07) is 0. The number of hydrogen-bond donors (Lipinski definition) is 2. The molecule has 0 radical (unpaired) electrons. The predicted octanol–water partition coefficient (Wildman–Crippen LogP) is 0.353. The number of nitrogens with one attached hydrogen (secondary N) is 1. The lowest BCUT2D eigenvalue weighted by Gasteiger charge is -2.37. The molecule has 0 aromatic heterocycles. The molecule has 5 heteroatoms. The number of aliphatic hydroxyl groups excluding tert-OH is 1. The van der Waals surface area contributed by atoms with Crippen molar-refractivity contribution < 1.29 is 9.84 Å². The van der Waals surface area contributed by atoms with E-state index in [1.807, 2.05) is 6.92 Å².